The SMILES string of the molecule is COc1ccc(CN2CCN(C3CC4(CCN(c5cc(Oc6cnc7[nH]ccc7c6)c(C(=O)NS(=O)(=O)c6cc([N+](=O)[O-])c(NCC7(F)CCOCC7)c7c6ncc(=O)n7C)cc5F)CC4)C3)[C@H](c3ccccc3C(C)C)C2)cc1. The maximum absolute atomic E-state index is 16.8. The Morgan fingerprint density at radius 2 is 1.71 bits per heavy atom. The molecule has 3 aliphatic heterocycles. The van der Waals surface area contributed by atoms with Crippen molar-refractivity contribution in [3.8, 4) is 17.2 Å². The van der Waals surface area contributed by atoms with Crippen LogP contribution in [0.4, 0.5) is 25.8 Å². The van der Waals surface area contributed by atoms with Gasteiger partial charge in [0.2, 0.25) is 0 Å². The van der Waals surface area contributed by atoms with E-state index in [9.17, 15) is 28.1 Å². The Hall–Kier alpha value is -7.53. The fourth-order valence-corrected chi connectivity index (χ4v) is 13.4. The van der Waals surface area contributed by atoms with Gasteiger partial charge < -0.3 is 34.0 Å². The molecule has 0 radical (unpaired) electrons. The van der Waals surface area contributed by atoms with Gasteiger partial charge in [-0.25, -0.2) is 31.9 Å². The van der Waals surface area contributed by atoms with E-state index in [1.165, 1.54) is 36.0 Å². The van der Waals surface area contributed by atoms with Gasteiger partial charge in [0, 0.05) is 115 Å². The third-order valence-corrected chi connectivity index (χ3v) is 18.1. The number of fused-ring (bicyclic) bond motifs is 2. The number of piperazine rings is 1. The van der Waals surface area contributed by atoms with Crippen molar-refractivity contribution in [1.29, 1.82) is 0 Å². The molecule has 1 spiro atoms. The molecule has 22 heteroatoms. The molecule has 3 N–H and O–H groups in total. The smallest absolute Gasteiger partial charge is 0.296 e. The second-order valence-electron chi connectivity index (χ2n) is 22.1. The Labute approximate surface area is 461 Å². The molecular weight excluding hydrogens is 1050 g/mol. The Balaban J connectivity index is 0.844. The molecule has 420 valence electrons. The second kappa shape index (κ2) is 21.8. The van der Waals surface area contributed by atoms with Crippen LogP contribution in [-0.4, -0.2) is 120 Å². The zero-order valence-electron chi connectivity index (χ0n) is 45.0. The fraction of sp³-hybridized carbons (Fsp3) is 0.414. The first-order valence-electron chi connectivity index (χ1n) is 27.0. The summed E-state index contributed by atoms with van der Waals surface area (Å²) in [5.41, 5.74) is -0.251. The van der Waals surface area contributed by atoms with E-state index >= 15 is 8.78 Å². The number of piperidine rings is 1. The number of pyridine rings is 1. The highest BCUT2D eigenvalue weighted by atomic mass is 32.2. The topological polar surface area (TPSA) is 219 Å². The Bertz CT molecular complexity index is 3670. The molecule has 1 atom stereocenters. The van der Waals surface area contributed by atoms with E-state index in [4.69, 9.17) is 14.2 Å². The summed E-state index contributed by atoms with van der Waals surface area (Å²) in [6.45, 7) is 8.97. The van der Waals surface area contributed by atoms with Crippen molar-refractivity contribution < 1.29 is 41.1 Å². The lowest BCUT2D eigenvalue weighted by Gasteiger charge is -2.58. The lowest BCUT2D eigenvalue weighted by molar-refractivity contribution is -0.384. The Morgan fingerprint density at radius 1 is 0.963 bits per heavy atom. The van der Waals surface area contributed by atoms with Gasteiger partial charge in [-0.1, -0.05) is 50.2 Å². The molecule has 0 bridgehead atoms. The number of carbonyl (C=O) groups excluding carboxylic acids is 1. The average molecular weight is 1120 g/mol. The number of sulfonamides is 1. The number of hydrogen-bond donors (Lipinski definition) is 3. The Kier molecular flexibility index (Phi) is 14.9. The molecule has 19 nitrogen and oxygen atoms in total. The number of rotatable bonds is 16. The summed E-state index contributed by atoms with van der Waals surface area (Å²) in [6.07, 6.45) is 7.54. The molecule has 80 heavy (non-hydrogen) atoms. The van der Waals surface area contributed by atoms with Crippen molar-refractivity contribution in [2.24, 2.45) is 12.5 Å². The zero-order chi connectivity index (χ0) is 56.1. The quantitative estimate of drug-likeness (QED) is 0.0607. The molecule has 3 saturated heterocycles. The number of anilines is 2. The van der Waals surface area contributed by atoms with Crippen LogP contribution in [0.3, 0.4) is 0 Å². The van der Waals surface area contributed by atoms with E-state index in [2.05, 4.69) is 80.3 Å². The number of halogens is 2. The maximum Gasteiger partial charge on any atom is 0.296 e. The molecule has 4 aliphatic rings. The number of hydrogen-bond acceptors (Lipinski definition) is 15. The molecule has 4 fully saturated rings. The highest BCUT2D eigenvalue weighted by Crippen LogP contribution is 2.54. The molecule has 1 aliphatic carbocycles. The summed E-state index contributed by atoms with van der Waals surface area (Å²) in [5, 5.41) is 16.1. The van der Waals surface area contributed by atoms with Crippen molar-refractivity contribution in [2.75, 3.05) is 69.8 Å². The van der Waals surface area contributed by atoms with Crippen molar-refractivity contribution in [2.45, 2.75) is 87.5 Å². The van der Waals surface area contributed by atoms with Crippen LogP contribution in [0, 0.1) is 21.3 Å². The molecular formula is C58H64F2N10O9S. The van der Waals surface area contributed by atoms with Crippen molar-refractivity contribution >= 4 is 55.1 Å². The molecule has 11 rings (SSSR count). The van der Waals surface area contributed by atoms with E-state index in [1.54, 1.807) is 25.4 Å². The number of carbonyl (C=O) groups is 1. The second-order valence-corrected chi connectivity index (χ2v) is 23.7. The van der Waals surface area contributed by atoms with E-state index < -0.39 is 66.1 Å². The summed E-state index contributed by atoms with van der Waals surface area (Å²) in [6, 6.07) is 24.1. The van der Waals surface area contributed by atoms with Gasteiger partial charge in [0.25, 0.3) is 27.2 Å². The number of H-pyrrole nitrogens is 1. The Morgan fingerprint density at radius 3 is 2.44 bits per heavy atom. The number of nitrogens with zero attached hydrogens (tertiary/aromatic N) is 7. The van der Waals surface area contributed by atoms with Crippen molar-refractivity contribution in [3.05, 3.63) is 146 Å². The largest absolute Gasteiger partial charge is 0.497 e. The van der Waals surface area contributed by atoms with Gasteiger partial charge >= 0.3 is 0 Å². The number of aromatic nitrogens is 4. The van der Waals surface area contributed by atoms with Gasteiger partial charge in [-0.05, 0) is 84.0 Å². The summed E-state index contributed by atoms with van der Waals surface area (Å²) in [5.74, 6) is -0.937. The van der Waals surface area contributed by atoms with Crippen LogP contribution < -0.4 is 30.0 Å². The summed E-state index contributed by atoms with van der Waals surface area (Å²) >= 11 is 0. The molecule has 0 unspecified atom stereocenters. The highest BCUT2D eigenvalue weighted by Gasteiger charge is 2.50. The molecule has 3 aromatic heterocycles. The monoisotopic (exact) mass is 1110 g/mol. The third kappa shape index (κ3) is 10.8. The fourth-order valence-electron chi connectivity index (χ4n) is 12.3. The number of nitro benzene ring substituents is 1. The van der Waals surface area contributed by atoms with Crippen LogP contribution in [0.2, 0.25) is 0 Å². The molecule has 4 aromatic carbocycles. The number of aromatic amines is 1. The number of methoxy groups -OCH3 is 1. The number of aryl methyl sites for hydroxylation is 1. The molecule has 6 heterocycles. The zero-order valence-corrected chi connectivity index (χ0v) is 45.9. The normalized spacial score (nSPS) is 18.8. The number of nitro groups is 1. The number of alkyl halides is 1. The van der Waals surface area contributed by atoms with Gasteiger partial charge in [-0.15, -0.1) is 0 Å². The predicted molar refractivity (Wildman–Crippen MR) is 298 cm³/mol. The number of ether oxygens (including phenoxy) is 3. The van der Waals surface area contributed by atoms with Crippen molar-refractivity contribution in [3.63, 3.8) is 0 Å². The van der Waals surface area contributed by atoms with E-state index in [1.807, 2.05) is 21.8 Å². The van der Waals surface area contributed by atoms with E-state index in [0.717, 1.165) is 74.4 Å². The highest BCUT2D eigenvalue weighted by molar-refractivity contribution is 7.90. The molecule has 7 aromatic rings. The van der Waals surface area contributed by atoms with Crippen LogP contribution >= 0.6 is 0 Å². The maximum atomic E-state index is 16.8. The van der Waals surface area contributed by atoms with Crippen LogP contribution in [-0.2, 0) is 28.4 Å². The van der Waals surface area contributed by atoms with E-state index in [0.29, 0.717) is 42.1 Å². The average Bonchev–Trinajstić information content (AvgIpc) is 3.92. The summed E-state index contributed by atoms with van der Waals surface area (Å²) < 4.78 is 81.5. The molecule has 1 saturated carbocycles. The van der Waals surface area contributed by atoms with Gasteiger partial charge in [0.1, 0.15) is 56.0 Å². The standard InChI is InChI=1S/C58H64F2N10O9S/c1-36(2)42-7-5-6-8-43(42)48-34-67(33-37-9-11-40(77-4)12-10-37)21-22-69(48)39-29-57(30-39)14-19-68(20-15-57)46-27-49(79-41-25-38-13-18-61-55(38)63-31-41)44(26-45(46)59)56(72)65-80(75,76)50-28-47(70(73)74)52(54-53(50)62-32-51(71)66(54)3)64-35-58(60)16-23-78-24-17-58/h5-13,18,25-28,31-32,36,39,48,64H,14-17,19-24,29-30,33-35H2,1-4H3,(H,61,63)(H,65,72)/t48-/m0/s1. The first-order valence-corrected chi connectivity index (χ1v) is 28.5. The number of nitrogens with one attached hydrogen (secondary N) is 3. The minimum Gasteiger partial charge on any atom is -0.497 e. The summed E-state index contributed by atoms with van der Waals surface area (Å²) in [4.78, 5) is 57.1. The third-order valence-electron chi connectivity index (χ3n) is 16.8. The minimum atomic E-state index is -5.12. The predicted octanol–water partition coefficient (Wildman–Crippen LogP) is 9.14. The molecule has 1 amide bonds. The van der Waals surface area contributed by atoms with Gasteiger partial charge in [-0.3, -0.25) is 29.5 Å². The van der Waals surface area contributed by atoms with Crippen molar-refractivity contribution in [1.82, 2.24) is 34.0 Å². The van der Waals surface area contributed by atoms with E-state index in [-0.39, 0.29) is 65.9 Å². The van der Waals surface area contributed by atoms with Gasteiger partial charge in [-0.2, -0.15) is 0 Å². The minimum absolute atomic E-state index is 0.00662. The summed E-state index contributed by atoms with van der Waals surface area (Å²) in [7, 11) is -2.19. The van der Waals surface area contributed by atoms with Crippen LogP contribution in [0.1, 0.15) is 91.4 Å². The van der Waals surface area contributed by atoms with Crippen LogP contribution in [0.25, 0.3) is 22.1 Å². The van der Waals surface area contributed by atoms with Gasteiger partial charge in [0.15, 0.2) is 0 Å². The lowest BCUT2D eigenvalue weighted by Crippen LogP contribution is -2.60. The first kappa shape index (κ1) is 54.4. The first-order chi connectivity index (χ1) is 38.4. The lowest BCUT2D eigenvalue weighted by atomic mass is 9.59. The van der Waals surface area contributed by atoms with Gasteiger partial charge in [0.05, 0.1) is 35.7 Å². The number of amides is 1. The number of benzene rings is 4. The van der Waals surface area contributed by atoms with Crippen LogP contribution in [0.5, 0.6) is 17.2 Å². The van der Waals surface area contributed by atoms with Crippen LogP contribution in [0.15, 0.2) is 107 Å².